The number of piperazine rings is 1. The second kappa shape index (κ2) is 9.12. The van der Waals surface area contributed by atoms with Gasteiger partial charge in [0, 0.05) is 31.7 Å². The zero-order valence-corrected chi connectivity index (χ0v) is 14.4. The summed E-state index contributed by atoms with van der Waals surface area (Å²) in [5.41, 5.74) is 0. The van der Waals surface area contributed by atoms with Gasteiger partial charge in [-0.05, 0) is 39.0 Å². The Bertz CT molecular complexity index is 276. The zero-order chi connectivity index (χ0) is 15.1. The number of hydrogen-bond acceptors (Lipinski definition) is 3. The second-order valence-corrected chi connectivity index (χ2v) is 7.27. The molecule has 2 atom stereocenters. The van der Waals surface area contributed by atoms with E-state index >= 15 is 0 Å². The number of ether oxygens (including phenoxy) is 1. The lowest BCUT2D eigenvalue weighted by Gasteiger charge is -2.45. The summed E-state index contributed by atoms with van der Waals surface area (Å²) in [5.74, 6) is 0.910. The normalized spacial score (nSPS) is 29.1. The van der Waals surface area contributed by atoms with E-state index in [0.29, 0.717) is 12.1 Å². The van der Waals surface area contributed by atoms with Gasteiger partial charge in [-0.3, -0.25) is 4.90 Å². The quantitative estimate of drug-likeness (QED) is 0.779. The van der Waals surface area contributed by atoms with Gasteiger partial charge in [0.05, 0.1) is 12.7 Å². The minimum atomic E-state index is 0.354. The average Bonchev–Trinajstić information content (AvgIpc) is 2.48. The number of rotatable bonds is 7. The predicted molar refractivity (Wildman–Crippen MR) is 89.7 cm³/mol. The summed E-state index contributed by atoms with van der Waals surface area (Å²) in [6, 6.07) is 1.43. The van der Waals surface area contributed by atoms with Gasteiger partial charge in [0.2, 0.25) is 0 Å². The van der Waals surface area contributed by atoms with Crippen molar-refractivity contribution >= 4 is 0 Å². The summed E-state index contributed by atoms with van der Waals surface area (Å²) in [4.78, 5) is 2.75. The molecule has 2 unspecified atom stereocenters. The molecule has 1 saturated carbocycles. The predicted octanol–water partition coefficient (Wildman–Crippen LogP) is 3.43. The van der Waals surface area contributed by atoms with Crippen molar-refractivity contribution in [2.45, 2.75) is 83.9 Å². The van der Waals surface area contributed by atoms with E-state index in [2.05, 4.69) is 31.0 Å². The van der Waals surface area contributed by atoms with E-state index in [9.17, 15) is 0 Å². The summed E-state index contributed by atoms with van der Waals surface area (Å²) >= 11 is 0. The third kappa shape index (κ3) is 5.54. The van der Waals surface area contributed by atoms with Crippen LogP contribution in [0.2, 0.25) is 0 Å². The van der Waals surface area contributed by atoms with E-state index in [4.69, 9.17) is 4.74 Å². The van der Waals surface area contributed by atoms with E-state index in [-0.39, 0.29) is 0 Å². The van der Waals surface area contributed by atoms with Crippen LogP contribution in [0.25, 0.3) is 0 Å². The topological polar surface area (TPSA) is 24.5 Å². The molecule has 0 aromatic rings. The van der Waals surface area contributed by atoms with Crippen LogP contribution >= 0.6 is 0 Å². The fourth-order valence-electron chi connectivity index (χ4n) is 4.09. The molecule has 0 bridgehead atoms. The van der Waals surface area contributed by atoms with Crippen molar-refractivity contribution in [3.63, 3.8) is 0 Å². The maximum atomic E-state index is 5.81. The van der Waals surface area contributed by atoms with Gasteiger partial charge in [-0.1, -0.05) is 32.6 Å². The summed E-state index contributed by atoms with van der Waals surface area (Å²) in [5, 5.41) is 3.81. The molecule has 1 N–H and O–H groups in total. The largest absolute Gasteiger partial charge is 0.377 e. The Labute approximate surface area is 131 Å². The number of nitrogens with one attached hydrogen (secondary N) is 1. The molecule has 1 aliphatic heterocycles. The van der Waals surface area contributed by atoms with Crippen LogP contribution in [0, 0.1) is 5.92 Å². The molecule has 3 nitrogen and oxygen atoms in total. The highest BCUT2D eigenvalue weighted by molar-refractivity contribution is 4.90. The first-order valence-corrected chi connectivity index (χ1v) is 9.29. The van der Waals surface area contributed by atoms with Crippen LogP contribution in [-0.2, 0) is 4.74 Å². The fraction of sp³-hybridized carbons (Fsp3) is 1.00. The summed E-state index contributed by atoms with van der Waals surface area (Å²) in [6.07, 6.45) is 10.1. The van der Waals surface area contributed by atoms with E-state index in [0.717, 1.165) is 25.1 Å². The molecule has 0 amide bonds. The molecule has 3 heteroatoms. The molecular formula is C18H36N2O. The molecule has 1 heterocycles. The highest BCUT2D eigenvalue weighted by Gasteiger charge is 2.33. The fourth-order valence-corrected chi connectivity index (χ4v) is 4.09. The molecule has 124 valence electrons. The smallest absolute Gasteiger partial charge is 0.0597 e. The lowest BCUT2D eigenvalue weighted by atomic mass is 9.82. The van der Waals surface area contributed by atoms with Crippen molar-refractivity contribution in [3.8, 4) is 0 Å². The first-order valence-electron chi connectivity index (χ1n) is 9.29. The Morgan fingerprint density at radius 3 is 2.62 bits per heavy atom. The average molecular weight is 296 g/mol. The summed E-state index contributed by atoms with van der Waals surface area (Å²) in [6.45, 7) is 11.0. The Morgan fingerprint density at radius 1 is 1.19 bits per heavy atom. The maximum Gasteiger partial charge on any atom is 0.0597 e. The van der Waals surface area contributed by atoms with Crippen molar-refractivity contribution in [1.29, 1.82) is 0 Å². The van der Waals surface area contributed by atoms with E-state index < -0.39 is 0 Å². The molecule has 0 aromatic carbocycles. The van der Waals surface area contributed by atoms with Gasteiger partial charge in [-0.25, -0.2) is 0 Å². The third-order valence-corrected chi connectivity index (χ3v) is 5.20. The van der Waals surface area contributed by atoms with Crippen LogP contribution in [0.4, 0.5) is 0 Å². The van der Waals surface area contributed by atoms with E-state index in [1.807, 2.05) is 0 Å². The highest BCUT2D eigenvalue weighted by atomic mass is 16.5. The maximum absolute atomic E-state index is 5.81. The Kier molecular flexibility index (Phi) is 7.48. The van der Waals surface area contributed by atoms with E-state index in [1.54, 1.807) is 0 Å². The molecule has 21 heavy (non-hydrogen) atoms. The highest BCUT2D eigenvalue weighted by Crippen LogP contribution is 2.30. The van der Waals surface area contributed by atoms with Crippen LogP contribution in [-0.4, -0.2) is 49.3 Å². The second-order valence-electron chi connectivity index (χ2n) is 7.27. The Morgan fingerprint density at radius 2 is 1.95 bits per heavy atom. The van der Waals surface area contributed by atoms with Gasteiger partial charge in [-0.2, -0.15) is 0 Å². The molecule has 0 spiro atoms. The molecule has 0 radical (unpaired) electrons. The first kappa shape index (κ1) is 17.2. The van der Waals surface area contributed by atoms with Crippen LogP contribution in [0.5, 0.6) is 0 Å². The molecule has 0 aromatic heterocycles. The van der Waals surface area contributed by atoms with Gasteiger partial charge in [-0.15, -0.1) is 0 Å². The number of hydrogen-bond donors (Lipinski definition) is 1. The van der Waals surface area contributed by atoms with Crippen LogP contribution in [0.15, 0.2) is 0 Å². The lowest BCUT2D eigenvalue weighted by molar-refractivity contribution is 0.0171. The van der Waals surface area contributed by atoms with Gasteiger partial charge >= 0.3 is 0 Å². The van der Waals surface area contributed by atoms with Crippen molar-refractivity contribution in [3.05, 3.63) is 0 Å². The van der Waals surface area contributed by atoms with Crippen molar-refractivity contribution in [2.75, 3.05) is 26.2 Å². The molecule has 2 aliphatic rings. The van der Waals surface area contributed by atoms with Crippen LogP contribution < -0.4 is 5.32 Å². The monoisotopic (exact) mass is 296 g/mol. The van der Waals surface area contributed by atoms with E-state index in [1.165, 1.54) is 58.0 Å². The molecule has 1 aliphatic carbocycles. The van der Waals surface area contributed by atoms with Crippen LogP contribution in [0.3, 0.4) is 0 Å². The SMILES string of the molecule is CCCC1CN(CCOC(C)C)C(C2CCCCC2)CN1. The molecular weight excluding hydrogens is 260 g/mol. The van der Waals surface area contributed by atoms with Crippen molar-refractivity contribution < 1.29 is 4.74 Å². The van der Waals surface area contributed by atoms with Gasteiger partial charge in [0.25, 0.3) is 0 Å². The van der Waals surface area contributed by atoms with Crippen molar-refractivity contribution in [1.82, 2.24) is 10.2 Å². The molecule has 2 fully saturated rings. The summed E-state index contributed by atoms with van der Waals surface area (Å²) < 4.78 is 5.81. The van der Waals surface area contributed by atoms with Gasteiger partial charge < -0.3 is 10.1 Å². The zero-order valence-electron chi connectivity index (χ0n) is 14.4. The third-order valence-electron chi connectivity index (χ3n) is 5.20. The Hall–Kier alpha value is -0.120. The minimum Gasteiger partial charge on any atom is -0.377 e. The van der Waals surface area contributed by atoms with Crippen LogP contribution in [0.1, 0.15) is 65.7 Å². The lowest BCUT2D eigenvalue weighted by Crippen LogP contribution is -2.59. The summed E-state index contributed by atoms with van der Waals surface area (Å²) in [7, 11) is 0. The molecule has 2 rings (SSSR count). The standard InChI is InChI=1S/C18H36N2O/c1-4-8-17-14-20(11-12-21-15(2)3)18(13-19-17)16-9-6-5-7-10-16/h15-19H,4-14H2,1-3H3. The van der Waals surface area contributed by atoms with Gasteiger partial charge in [0.1, 0.15) is 0 Å². The Balaban J connectivity index is 1.88. The number of nitrogens with zero attached hydrogens (tertiary/aromatic N) is 1. The van der Waals surface area contributed by atoms with Gasteiger partial charge in [0.15, 0.2) is 0 Å². The first-order chi connectivity index (χ1) is 10.2. The minimum absolute atomic E-state index is 0.354. The van der Waals surface area contributed by atoms with Crippen molar-refractivity contribution in [2.24, 2.45) is 5.92 Å². The molecule has 1 saturated heterocycles.